The van der Waals surface area contributed by atoms with Gasteiger partial charge in [-0.1, -0.05) is 35.9 Å². The number of rotatable bonds is 9. The van der Waals surface area contributed by atoms with E-state index >= 15 is 0 Å². The maximum Gasteiger partial charge on any atom is 0.303 e. The molecule has 1 aliphatic heterocycles. The summed E-state index contributed by atoms with van der Waals surface area (Å²) in [5, 5.41) is 10.5. The van der Waals surface area contributed by atoms with Crippen molar-refractivity contribution < 1.29 is 43.2 Å². The molecule has 37 heavy (non-hydrogen) atoms. The van der Waals surface area contributed by atoms with E-state index in [9.17, 15) is 19.5 Å². The fourth-order valence-corrected chi connectivity index (χ4v) is 4.49. The van der Waals surface area contributed by atoms with Crippen LogP contribution < -0.4 is 4.74 Å². The average molecular weight is 535 g/mol. The summed E-state index contributed by atoms with van der Waals surface area (Å²) in [6, 6.07) is 12.8. The van der Waals surface area contributed by atoms with Gasteiger partial charge in [0.1, 0.15) is 18.0 Å². The molecule has 2 aromatic rings. The summed E-state index contributed by atoms with van der Waals surface area (Å²) in [5.41, 5.74) is 2.35. The van der Waals surface area contributed by atoms with Crippen LogP contribution in [0.1, 0.15) is 50.5 Å². The molecule has 0 spiro atoms. The monoisotopic (exact) mass is 534 g/mol. The van der Waals surface area contributed by atoms with Crippen LogP contribution in [0.4, 0.5) is 0 Å². The van der Waals surface area contributed by atoms with Gasteiger partial charge >= 0.3 is 17.9 Å². The minimum absolute atomic E-state index is 0.497. The van der Waals surface area contributed by atoms with Gasteiger partial charge in [0.05, 0.1) is 13.2 Å². The molecule has 0 saturated carbocycles. The molecule has 9 nitrogen and oxygen atoms in total. The van der Waals surface area contributed by atoms with Crippen molar-refractivity contribution in [2.24, 2.45) is 0 Å². The van der Waals surface area contributed by atoms with Crippen LogP contribution in [0.15, 0.2) is 42.5 Å². The second kappa shape index (κ2) is 12.9. The van der Waals surface area contributed by atoms with E-state index in [0.717, 1.165) is 16.9 Å². The third-order valence-electron chi connectivity index (χ3n) is 5.75. The van der Waals surface area contributed by atoms with Crippen molar-refractivity contribution in [3.05, 3.63) is 64.2 Å². The van der Waals surface area contributed by atoms with E-state index in [1.807, 2.05) is 37.3 Å². The van der Waals surface area contributed by atoms with Crippen molar-refractivity contribution in [3.8, 4) is 5.75 Å². The first-order valence-corrected chi connectivity index (χ1v) is 12.3. The molecule has 5 atom stereocenters. The summed E-state index contributed by atoms with van der Waals surface area (Å²) in [4.78, 5) is 35.7. The lowest BCUT2D eigenvalue weighted by Gasteiger charge is -2.44. The molecule has 1 fully saturated rings. The van der Waals surface area contributed by atoms with E-state index in [2.05, 4.69) is 0 Å². The van der Waals surface area contributed by atoms with Crippen LogP contribution in [0.3, 0.4) is 0 Å². The van der Waals surface area contributed by atoms with Crippen molar-refractivity contribution in [1.82, 2.24) is 0 Å². The summed E-state index contributed by atoms with van der Waals surface area (Å²) in [5.74, 6) is -1.24. The molecule has 1 aliphatic rings. The molecule has 5 unspecified atom stereocenters. The Morgan fingerprint density at radius 1 is 0.892 bits per heavy atom. The maximum absolute atomic E-state index is 12.0. The maximum atomic E-state index is 12.0. The van der Waals surface area contributed by atoms with Gasteiger partial charge in [-0.15, -0.1) is 0 Å². The highest BCUT2D eigenvalue weighted by Crippen LogP contribution is 2.38. The molecule has 0 radical (unpaired) electrons. The fourth-order valence-electron chi connectivity index (χ4n) is 4.31. The van der Waals surface area contributed by atoms with E-state index in [-0.39, 0.29) is 0 Å². The second-order valence-corrected chi connectivity index (χ2v) is 9.01. The Hall–Kier alpha value is -3.14. The molecule has 0 amide bonds. The van der Waals surface area contributed by atoms with Crippen LogP contribution in [0, 0.1) is 0 Å². The second-order valence-electron chi connectivity index (χ2n) is 8.60. The van der Waals surface area contributed by atoms with Crippen molar-refractivity contribution >= 4 is 29.5 Å². The Kier molecular flexibility index (Phi) is 9.91. The first-order chi connectivity index (χ1) is 17.6. The first-order valence-electron chi connectivity index (χ1n) is 11.9. The normalized spacial score (nSPS) is 23.1. The van der Waals surface area contributed by atoms with E-state index in [0.29, 0.717) is 23.6 Å². The lowest BCUT2D eigenvalue weighted by Crippen LogP contribution is -2.59. The Balaban J connectivity index is 1.99. The topological polar surface area (TPSA) is 118 Å². The highest BCUT2D eigenvalue weighted by Gasteiger charge is 2.52. The molecule has 3 rings (SSSR count). The van der Waals surface area contributed by atoms with Crippen LogP contribution in [-0.2, 0) is 39.8 Å². The van der Waals surface area contributed by atoms with Gasteiger partial charge in [-0.25, -0.2) is 0 Å². The summed E-state index contributed by atoms with van der Waals surface area (Å²) in [6.45, 7) is 5.52. The van der Waals surface area contributed by atoms with Gasteiger partial charge in [-0.3, -0.25) is 14.4 Å². The van der Waals surface area contributed by atoms with Gasteiger partial charge in [0.15, 0.2) is 18.3 Å². The molecular weight excluding hydrogens is 504 g/mol. The Labute approximate surface area is 220 Å². The zero-order valence-electron chi connectivity index (χ0n) is 21.1. The zero-order valence-corrected chi connectivity index (χ0v) is 21.9. The molecule has 10 heteroatoms. The number of ether oxygens (including phenoxy) is 5. The van der Waals surface area contributed by atoms with Gasteiger partial charge in [-0.2, -0.15) is 0 Å². The van der Waals surface area contributed by atoms with E-state index < -0.39 is 55.0 Å². The molecule has 0 aromatic heterocycles. The molecule has 2 aromatic carbocycles. The quantitative estimate of drug-likeness (QED) is 0.380. The summed E-state index contributed by atoms with van der Waals surface area (Å²) >= 11 is 6.50. The molecule has 1 N–H and O–H groups in total. The summed E-state index contributed by atoms with van der Waals surface area (Å²) in [7, 11) is 0. The van der Waals surface area contributed by atoms with Crippen LogP contribution in [0.2, 0.25) is 5.02 Å². The highest BCUT2D eigenvalue weighted by atomic mass is 35.5. The van der Waals surface area contributed by atoms with Crippen LogP contribution >= 0.6 is 11.6 Å². The van der Waals surface area contributed by atoms with Crippen LogP contribution in [-0.4, -0.2) is 60.6 Å². The average Bonchev–Trinajstić information content (AvgIpc) is 2.83. The molecular formula is C27H31ClO9. The van der Waals surface area contributed by atoms with Gasteiger partial charge in [-0.05, 0) is 48.2 Å². The van der Waals surface area contributed by atoms with E-state index in [1.54, 1.807) is 12.1 Å². The Morgan fingerprint density at radius 2 is 1.49 bits per heavy atom. The fraction of sp³-hybridized carbons (Fsp3) is 0.444. The van der Waals surface area contributed by atoms with Crippen LogP contribution in [0.25, 0.3) is 0 Å². The number of aliphatic hydroxyl groups excluding tert-OH is 1. The van der Waals surface area contributed by atoms with Gasteiger partial charge < -0.3 is 28.8 Å². The van der Waals surface area contributed by atoms with Crippen molar-refractivity contribution in [3.63, 3.8) is 0 Å². The number of hydrogen-bond donors (Lipinski definition) is 1. The molecule has 1 saturated heterocycles. The van der Waals surface area contributed by atoms with E-state index in [4.69, 9.17) is 35.3 Å². The Morgan fingerprint density at radius 3 is 2.05 bits per heavy atom. The predicted octanol–water partition coefficient (Wildman–Crippen LogP) is 3.56. The number of carbonyl (C=O) groups excluding carboxylic acids is 3. The summed E-state index contributed by atoms with van der Waals surface area (Å²) < 4.78 is 27.9. The first kappa shape index (κ1) is 28.4. The predicted molar refractivity (Wildman–Crippen MR) is 133 cm³/mol. The van der Waals surface area contributed by atoms with E-state index in [1.165, 1.54) is 20.8 Å². The molecule has 0 aliphatic carbocycles. The number of benzene rings is 2. The van der Waals surface area contributed by atoms with Crippen molar-refractivity contribution in [2.45, 2.75) is 64.6 Å². The Bertz CT molecular complexity index is 1100. The number of carbonyl (C=O) groups is 3. The highest BCUT2D eigenvalue weighted by molar-refractivity contribution is 6.31. The SMILES string of the molecule is CCOc1ccc(Cc2cc(C3OC(CO)C(OC(C)=O)C(OC(C)=O)C3OC(C)=O)ccc2Cl)cc1. The smallest absolute Gasteiger partial charge is 0.303 e. The molecule has 1 heterocycles. The molecule has 0 bridgehead atoms. The largest absolute Gasteiger partial charge is 0.494 e. The van der Waals surface area contributed by atoms with Gasteiger partial charge in [0.2, 0.25) is 0 Å². The minimum Gasteiger partial charge on any atom is -0.494 e. The number of halogens is 1. The van der Waals surface area contributed by atoms with Gasteiger partial charge in [0, 0.05) is 25.8 Å². The van der Waals surface area contributed by atoms with Crippen molar-refractivity contribution in [1.29, 1.82) is 0 Å². The van der Waals surface area contributed by atoms with Crippen molar-refractivity contribution in [2.75, 3.05) is 13.2 Å². The third-order valence-corrected chi connectivity index (χ3v) is 6.12. The lowest BCUT2D eigenvalue weighted by molar-refractivity contribution is -0.253. The number of hydrogen-bond acceptors (Lipinski definition) is 9. The number of aliphatic hydroxyl groups is 1. The minimum atomic E-state index is -1.22. The lowest BCUT2D eigenvalue weighted by atomic mass is 9.89. The number of esters is 3. The van der Waals surface area contributed by atoms with Crippen LogP contribution in [0.5, 0.6) is 5.75 Å². The third kappa shape index (κ3) is 7.44. The summed E-state index contributed by atoms with van der Waals surface area (Å²) in [6.07, 6.45) is -5.07. The standard InChI is InChI=1S/C27H31ClO9/c1-5-33-21-9-6-18(7-10-21)12-20-13-19(8-11-22(20)28)24-26(35-16(3)31)27(36-17(4)32)25(34-15(2)30)23(14-29)37-24/h6-11,13,23-27,29H,5,12,14H2,1-4H3. The zero-order chi connectivity index (χ0) is 27.1. The molecule has 200 valence electrons. The van der Waals surface area contributed by atoms with Gasteiger partial charge in [0.25, 0.3) is 0 Å².